The van der Waals surface area contributed by atoms with Gasteiger partial charge in [0.2, 0.25) is 0 Å². The summed E-state index contributed by atoms with van der Waals surface area (Å²) in [7, 11) is -0.606. The van der Waals surface area contributed by atoms with E-state index in [1.807, 2.05) is 6.07 Å². The van der Waals surface area contributed by atoms with Crippen LogP contribution in [0.4, 0.5) is 4.39 Å². The van der Waals surface area contributed by atoms with Gasteiger partial charge >= 0.3 is 0 Å². The Morgan fingerprint density at radius 3 is 2.18 bits per heavy atom. The van der Waals surface area contributed by atoms with Crippen molar-refractivity contribution >= 4 is 25.7 Å². The Hall–Kier alpha value is -2.81. The molecule has 38 heavy (non-hydrogen) atoms. The van der Waals surface area contributed by atoms with Gasteiger partial charge in [-0.3, -0.25) is 19.4 Å². The minimum atomic E-state index is -2.10. The summed E-state index contributed by atoms with van der Waals surface area (Å²) in [6, 6.07) is 12.0. The van der Waals surface area contributed by atoms with Crippen LogP contribution in [0.1, 0.15) is 59.9 Å². The molecule has 204 valence electrons. The Morgan fingerprint density at radius 2 is 1.63 bits per heavy atom. The highest BCUT2D eigenvalue weighted by Gasteiger charge is 2.40. The van der Waals surface area contributed by atoms with Gasteiger partial charge in [-0.25, -0.2) is 4.39 Å². The monoisotopic (exact) mass is 538 g/mol. The van der Waals surface area contributed by atoms with Crippen molar-refractivity contribution in [2.45, 2.75) is 57.8 Å². The Labute approximate surface area is 226 Å². The summed E-state index contributed by atoms with van der Waals surface area (Å²) >= 11 is 0. The number of methoxy groups -OCH3 is 1. The van der Waals surface area contributed by atoms with Gasteiger partial charge in [-0.15, -0.1) is 0 Å². The van der Waals surface area contributed by atoms with Crippen molar-refractivity contribution in [1.82, 2.24) is 9.80 Å². The van der Waals surface area contributed by atoms with Crippen LogP contribution in [0.15, 0.2) is 48.5 Å². The molecule has 6 nitrogen and oxygen atoms in total. The maximum absolute atomic E-state index is 14.2. The number of rotatable bonds is 9. The molecule has 2 amide bonds. The Morgan fingerprint density at radius 1 is 1.00 bits per heavy atom. The number of benzene rings is 2. The number of hydrogen-bond donors (Lipinski definition) is 0. The fourth-order valence-electron chi connectivity index (χ4n) is 4.88. The van der Waals surface area contributed by atoms with Crippen molar-refractivity contribution in [3.8, 4) is 5.75 Å². The van der Waals surface area contributed by atoms with Crippen molar-refractivity contribution < 1.29 is 23.1 Å². The summed E-state index contributed by atoms with van der Waals surface area (Å²) in [5, 5.41) is 0.0314. The molecule has 0 aliphatic carbocycles. The lowest BCUT2D eigenvalue weighted by Gasteiger charge is -2.41. The molecule has 0 N–H and O–H groups in total. The van der Waals surface area contributed by atoms with Gasteiger partial charge in [0, 0.05) is 31.7 Å². The molecule has 2 aromatic carbocycles. The SMILES string of the molecule is COc1c(F)cccc1C1=CCN(C[C@@H](CCN2C(=O)c3ccccc3C2=O)O[Si](C)(C)C(C)(C)C)CC1. The van der Waals surface area contributed by atoms with Crippen LogP contribution in [0.5, 0.6) is 5.75 Å². The fraction of sp³-hybridized carbons (Fsp3) is 0.467. The van der Waals surface area contributed by atoms with Crippen molar-refractivity contribution in [1.29, 1.82) is 0 Å². The highest BCUT2D eigenvalue weighted by molar-refractivity contribution is 6.74. The van der Waals surface area contributed by atoms with Crippen LogP contribution in [0, 0.1) is 5.82 Å². The average molecular weight is 539 g/mol. The second-order valence-corrected chi connectivity index (χ2v) is 16.4. The third kappa shape index (κ3) is 5.77. The average Bonchev–Trinajstić information content (AvgIpc) is 3.11. The van der Waals surface area contributed by atoms with Crippen LogP contribution < -0.4 is 4.74 Å². The van der Waals surface area contributed by atoms with Gasteiger partial charge in [-0.2, -0.15) is 0 Å². The minimum Gasteiger partial charge on any atom is -0.493 e. The predicted octanol–water partition coefficient (Wildman–Crippen LogP) is 6.00. The zero-order valence-corrected chi connectivity index (χ0v) is 24.3. The van der Waals surface area contributed by atoms with Crippen molar-refractivity contribution in [2.75, 3.05) is 33.3 Å². The van der Waals surface area contributed by atoms with Crippen LogP contribution in [0.25, 0.3) is 5.57 Å². The van der Waals surface area contributed by atoms with E-state index in [0.29, 0.717) is 37.2 Å². The smallest absolute Gasteiger partial charge is 0.261 e. The molecule has 0 radical (unpaired) electrons. The number of ether oxygens (including phenoxy) is 1. The van der Waals surface area contributed by atoms with Crippen LogP contribution >= 0.6 is 0 Å². The van der Waals surface area contributed by atoms with Gasteiger partial charge in [0.15, 0.2) is 19.9 Å². The van der Waals surface area contributed by atoms with Crippen LogP contribution in [-0.4, -0.2) is 69.3 Å². The molecule has 8 heteroatoms. The highest BCUT2D eigenvalue weighted by Crippen LogP contribution is 2.38. The topological polar surface area (TPSA) is 59.1 Å². The molecule has 0 saturated heterocycles. The molecule has 1 atom stereocenters. The van der Waals surface area contributed by atoms with E-state index >= 15 is 0 Å². The van der Waals surface area contributed by atoms with Crippen molar-refractivity contribution in [2.24, 2.45) is 0 Å². The van der Waals surface area contributed by atoms with Gasteiger partial charge < -0.3 is 9.16 Å². The largest absolute Gasteiger partial charge is 0.493 e. The molecular weight excluding hydrogens is 499 g/mol. The summed E-state index contributed by atoms with van der Waals surface area (Å²) in [4.78, 5) is 29.5. The number of carbonyl (C=O) groups is 2. The molecule has 2 aliphatic heterocycles. The molecule has 2 aliphatic rings. The van der Waals surface area contributed by atoms with E-state index in [4.69, 9.17) is 9.16 Å². The molecule has 0 aromatic heterocycles. The zero-order valence-electron chi connectivity index (χ0n) is 23.3. The molecule has 0 unspecified atom stereocenters. The highest BCUT2D eigenvalue weighted by atomic mass is 28.4. The van der Waals surface area contributed by atoms with E-state index in [1.165, 1.54) is 18.1 Å². The number of halogens is 1. The molecule has 2 heterocycles. The molecule has 0 bridgehead atoms. The Bertz CT molecular complexity index is 1200. The summed E-state index contributed by atoms with van der Waals surface area (Å²) in [6.45, 7) is 13.6. The van der Waals surface area contributed by atoms with Crippen molar-refractivity contribution in [3.63, 3.8) is 0 Å². The molecule has 0 fully saturated rings. The molecule has 4 rings (SSSR count). The van der Waals surface area contributed by atoms with Crippen LogP contribution in [0.2, 0.25) is 18.1 Å². The second kappa shape index (κ2) is 11.1. The Balaban J connectivity index is 1.47. The number of amides is 2. The summed E-state index contributed by atoms with van der Waals surface area (Å²) in [6.07, 6.45) is 3.35. The van der Waals surface area contributed by atoms with Gasteiger partial charge in [0.1, 0.15) is 0 Å². The predicted molar refractivity (Wildman–Crippen MR) is 150 cm³/mol. The second-order valence-electron chi connectivity index (χ2n) is 11.7. The van der Waals surface area contributed by atoms with E-state index in [1.54, 1.807) is 30.3 Å². The summed E-state index contributed by atoms with van der Waals surface area (Å²) in [5.74, 6) is -0.533. The minimum absolute atomic E-state index is 0.0314. The molecule has 2 aromatic rings. The maximum Gasteiger partial charge on any atom is 0.261 e. The van der Waals surface area contributed by atoms with Gasteiger partial charge in [-0.05, 0) is 54.7 Å². The number of para-hydroxylation sites is 1. The lowest BCUT2D eigenvalue weighted by Crippen LogP contribution is -2.48. The zero-order chi connectivity index (χ0) is 27.7. The first-order valence-electron chi connectivity index (χ1n) is 13.3. The van der Waals surface area contributed by atoms with Gasteiger partial charge in [-0.1, -0.05) is 51.1 Å². The quantitative estimate of drug-likeness (QED) is 0.290. The number of imide groups is 1. The number of fused-ring (bicyclic) bond motifs is 1. The van der Waals surface area contributed by atoms with Crippen LogP contribution in [-0.2, 0) is 4.43 Å². The van der Waals surface area contributed by atoms with E-state index in [9.17, 15) is 14.0 Å². The fourth-order valence-corrected chi connectivity index (χ4v) is 6.25. The first-order chi connectivity index (χ1) is 17.9. The number of carbonyl (C=O) groups excluding carboxylic acids is 2. The van der Waals surface area contributed by atoms with Crippen LogP contribution in [0.3, 0.4) is 0 Å². The van der Waals surface area contributed by atoms with E-state index < -0.39 is 8.32 Å². The summed E-state index contributed by atoms with van der Waals surface area (Å²) in [5.41, 5.74) is 2.82. The lowest BCUT2D eigenvalue weighted by molar-refractivity contribution is 0.0606. The normalized spacial score (nSPS) is 17.4. The third-order valence-electron chi connectivity index (χ3n) is 8.09. The lowest BCUT2D eigenvalue weighted by atomic mass is 9.98. The maximum atomic E-state index is 14.2. The van der Waals surface area contributed by atoms with E-state index in [2.05, 4.69) is 44.8 Å². The standard InChI is InChI=1S/C30H39FN2O4Si/c1-30(2,3)38(5,6)37-22(16-19-33-28(34)24-10-7-8-11-25(24)29(33)35)20-32-17-14-21(15-18-32)23-12-9-13-26(31)27(23)36-4/h7-14,22H,15-20H2,1-6H3/t22-/m1/s1. The number of hydrogen-bond acceptors (Lipinski definition) is 5. The summed E-state index contributed by atoms with van der Waals surface area (Å²) < 4.78 is 26.4. The van der Waals surface area contributed by atoms with Gasteiger partial charge in [0.05, 0.1) is 24.3 Å². The van der Waals surface area contributed by atoms with E-state index in [-0.39, 0.29) is 34.5 Å². The van der Waals surface area contributed by atoms with E-state index in [0.717, 1.165) is 24.1 Å². The third-order valence-corrected chi connectivity index (χ3v) is 12.6. The first kappa shape index (κ1) is 28.2. The van der Waals surface area contributed by atoms with Crippen molar-refractivity contribution in [3.05, 3.63) is 71.0 Å². The Kier molecular flexibility index (Phi) is 8.25. The molecule has 0 spiro atoms. The first-order valence-corrected chi connectivity index (χ1v) is 16.2. The molecular formula is C30H39FN2O4Si. The molecule has 0 saturated carbocycles. The van der Waals surface area contributed by atoms with Gasteiger partial charge in [0.25, 0.3) is 11.8 Å². The number of nitrogens with zero attached hydrogens (tertiary/aromatic N) is 2.